The Morgan fingerprint density at radius 2 is 2.04 bits per heavy atom. The molecule has 1 N–H and O–H groups in total. The zero-order valence-electron chi connectivity index (χ0n) is 12.9. The van der Waals surface area contributed by atoms with Crippen LogP contribution in [0, 0.1) is 0 Å². The van der Waals surface area contributed by atoms with Gasteiger partial charge >= 0.3 is 11.9 Å². The van der Waals surface area contributed by atoms with E-state index in [9.17, 15) is 9.59 Å². The van der Waals surface area contributed by atoms with Gasteiger partial charge in [0.05, 0.1) is 20.3 Å². The van der Waals surface area contributed by atoms with E-state index >= 15 is 0 Å². The monoisotopic (exact) mass is 351 g/mol. The lowest BCUT2D eigenvalue weighted by Crippen LogP contribution is -2.16. The average molecular weight is 352 g/mol. The molecule has 0 saturated heterocycles. The molecule has 0 aliphatic heterocycles. The lowest BCUT2D eigenvalue weighted by atomic mass is 10.1. The predicted molar refractivity (Wildman–Crippen MR) is 85.0 cm³/mol. The van der Waals surface area contributed by atoms with Crippen molar-refractivity contribution in [1.82, 2.24) is 10.1 Å². The average Bonchev–Trinajstić information content (AvgIpc) is 3.09. The SMILES string of the molecule is COC(=O)/C=C(/Nc1ccccc1-c1noc(CCl)n1)C(=O)OC. The quantitative estimate of drug-likeness (QED) is 0.479. The number of nitrogens with zero attached hydrogens (tertiary/aromatic N) is 2. The Labute approximate surface area is 142 Å². The van der Waals surface area contributed by atoms with E-state index in [2.05, 4.69) is 24.9 Å². The van der Waals surface area contributed by atoms with Crippen molar-refractivity contribution >= 4 is 29.2 Å². The van der Waals surface area contributed by atoms with Crippen LogP contribution in [0.4, 0.5) is 5.69 Å². The summed E-state index contributed by atoms with van der Waals surface area (Å²) in [5.74, 6) is -0.803. The number of nitrogens with one attached hydrogen (secondary N) is 1. The van der Waals surface area contributed by atoms with Gasteiger partial charge in [-0.25, -0.2) is 9.59 Å². The van der Waals surface area contributed by atoms with Crippen molar-refractivity contribution in [3.05, 3.63) is 41.9 Å². The minimum atomic E-state index is -0.732. The van der Waals surface area contributed by atoms with Crippen LogP contribution >= 0.6 is 11.6 Å². The number of carbonyl (C=O) groups is 2. The smallest absolute Gasteiger partial charge is 0.354 e. The number of alkyl halides is 1. The molecule has 0 fully saturated rings. The number of rotatable bonds is 6. The summed E-state index contributed by atoms with van der Waals surface area (Å²) in [7, 11) is 2.40. The molecule has 24 heavy (non-hydrogen) atoms. The molecule has 0 radical (unpaired) electrons. The summed E-state index contributed by atoms with van der Waals surface area (Å²) < 4.78 is 14.2. The normalized spacial score (nSPS) is 11.0. The first kappa shape index (κ1) is 17.5. The topological polar surface area (TPSA) is 104 Å². The number of esters is 2. The lowest BCUT2D eigenvalue weighted by molar-refractivity contribution is -0.138. The van der Waals surface area contributed by atoms with Gasteiger partial charge in [-0.05, 0) is 12.1 Å². The maximum atomic E-state index is 11.8. The number of methoxy groups -OCH3 is 2. The fourth-order valence-corrected chi connectivity index (χ4v) is 1.89. The standard InChI is InChI=1S/C15H14ClN3O5/c1-22-13(20)7-11(15(21)23-2)17-10-6-4-3-5-9(10)14-18-12(8-16)24-19-14/h3-7,17H,8H2,1-2H3/b11-7+. The van der Waals surface area contributed by atoms with Gasteiger partial charge in [-0.1, -0.05) is 17.3 Å². The highest BCUT2D eigenvalue weighted by atomic mass is 35.5. The zero-order chi connectivity index (χ0) is 17.5. The molecule has 0 unspecified atom stereocenters. The second-order valence-electron chi connectivity index (χ2n) is 4.39. The molecule has 2 rings (SSSR count). The molecule has 126 valence electrons. The predicted octanol–water partition coefficient (Wildman–Crippen LogP) is 2.12. The molecule has 0 aliphatic rings. The van der Waals surface area contributed by atoms with Crippen LogP contribution in [0.3, 0.4) is 0 Å². The van der Waals surface area contributed by atoms with Crippen molar-refractivity contribution in [3.63, 3.8) is 0 Å². The Hall–Kier alpha value is -2.87. The van der Waals surface area contributed by atoms with Gasteiger partial charge in [-0.3, -0.25) is 0 Å². The van der Waals surface area contributed by atoms with Crippen LogP contribution in [0.2, 0.25) is 0 Å². The molecule has 1 aromatic carbocycles. The fourth-order valence-electron chi connectivity index (χ4n) is 1.78. The number of aromatic nitrogens is 2. The summed E-state index contributed by atoms with van der Waals surface area (Å²) in [6, 6.07) is 6.90. The molecule has 1 aromatic heterocycles. The minimum absolute atomic E-state index is 0.0816. The highest BCUT2D eigenvalue weighted by molar-refractivity contribution is 6.16. The Morgan fingerprint density at radius 3 is 2.67 bits per heavy atom. The highest BCUT2D eigenvalue weighted by Gasteiger charge is 2.17. The maximum Gasteiger partial charge on any atom is 0.354 e. The second kappa shape index (κ2) is 8.11. The Morgan fingerprint density at radius 1 is 1.29 bits per heavy atom. The Bertz CT molecular complexity index is 772. The summed E-state index contributed by atoms with van der Waals surface area (Å²) in [5.41, 5.74) is 0.926. The molecule has 0 amide bonds. The van der Waals surface area contributed by atoms with Gasteiger partial charge in [0.1, 0.15) is 11.6 Å². The molecule has 0 aliphatic carbocycles. The third-order valence-corrected chi connectivity index (χ3v) is 3.12. The van der Waals surface area contributed by atoms with Crippen LogP contribution in [0.5, 0.6) is 0 Å². The first-order valence-electron chi connectivity index (χ1n) is 6.72. The Kier molecular flexibility index (Phi) is 5.91. The first-order valence-corrected chi connectivity index (χ1v) is 7.25. The van der Waals surface area contributed by atoms with Crippen LogP contribution in [0.15, 0.2) is 40.6 Å². The van der Waals surface area contributed by atoms with Gasteiger partial charge in [0.15, 0.2) is 0 Å². The van der Waals surface area contributed by atoms with Crippen molar-refractivity contribution in [2.24, 2.45) is 0 Å². The molecular weight excluding hydrogens is 338 g/mol. The lowest BCUT2D eigenvalue weighted by Gasteiger charge is -2.11. The number of ether oxygens (including phenoxy) is 2. The van der Waals surface area contributed by atoms with E-state index in [1.54, 1.807) is 24.3 Å². The first-order chi connectivity index (χ1) is 11.6. The van der Waals surface area contributed by atoms with Crippen molar-refractivity contribution in [2.45, 2.75) is 5.88 Å². The summed E-state index contributed by atoms with van der Waals surface area (Å²) in [6.07, 6.45) is 0.989. The molecule has 2 aromatic rings. The van der Waals surface area contributed by atoms with E-state index in [-0.39, 0.29) is 23.3 Å². The third-order valence-electron chi connectivity index (χ3n) is 2.89. The number of carbonyl (C=O) groups excluding carboxylic acids is 2. The van der Waals surface area contributed by atoms with Gasteiger partial charge < -0.3 is 19.3 Å². The number of halogens is 1. The number of hydrogen-bond donors (Lipinski definition) is 1. The molecule has 0 atom stereocenters. The van der Waals surface area contributed by atoms with Crippen molar-refractivity contribution in [1.29, 1.82) is 0 Å². The third kappa shape index (κ3) is 4.11. The second-order valence-corrected chi connectivity index (χ2v) is 4.66. The van der Waals surface area contributed by atoms with Crippen LogP contribution < -0.4 is 5.32 Å². The number of anilines is 1. The molecule has 0 spiro atoms. The van der Waals surface area contributed by atoms with Crippen LogP contribution in [-0.4, -0.2) is 36.3 Å². The number of hydrogen-bond acceptors (Lipinski definition) is 8. The minimum Gasteiger partial charge on any atom is -0.466 e. The van der Waals surface area contributed by atoms with Crippen molar-refractivity contribution < 1.29 is 23.6 Å². The fraction of sp³-hybridized carbons (Fsp3) is 0.200. The van der Waals surface area contributed by atoms with Crippen LogP contribution in [0.1, 0.15) is 5.89 Å². The molecule has 9 heteroatoms. The summed E-state index contributed by atoms with van der Waals surface area (Å²) in [5, 5.41) is 6.65. The zero-order valence-corrected chi connectivity index (χ0v) is 13.7. The Balaban J connectivity index is 2.39. The van der Waals surface area contributed by atoms with E-state index in [1.807, 2.05) is 0 Å². The molecule has 8 nitrogen and oxygen atoms in total. The molecule has 1 heterocycles. The highest BCUT2D eigenvalue weighted by Crippen LogP contribution is 2.27. The summed E-state index contributed by atoms with van der Waals surface area (Å²) >= 11 is 5.65. The summed E-state index contributed by atoms with van der Waals surface area (Å²) in [6.45, 7) is 0. The van der Waals surface area contributed by atoms with E-state index in [1.165, 1.54) is 14.2 Å². The number of benzene rings is 1. The summed E-state index contributed by atoms with van der Waals surface area (Å²) in [4.78, 5) is 27.4. The van der Waals surface area contributed by atoms with Crippen LogP contribution in [0.25, 0.3) is 11.4 Å². The van der Waals surface area contributed by atoms with Gasteiger partial charge in [0, 0.05) is 11.3 Å². The number of para-hydroxylation sites is 1. The largest absolute Gasteiger partial charge is 0.466 e. The van der Waals surface area contributed by atoms with Gasteiger partial charge in [0.2, 0.25) is 11.7 Å². The van der Waals surface area contributed by atoms with Gasteiger partial charge in [-0.15, -0.1) is 11.6 Å². The molecule has 0 bridgehead atoms. The van der Waals surface area contributed by atoms with Gasteiger partial charge in [0.25, 0.3) is 0 Å². The van der Waals surface area contributed by atoms with Crippen LogP contribution in [-0.2, 0) is 24.9 Å². The van der Waals surface area contributed by atoms with E-state index in [0.29, 0.717) is 11.3 Å². The van der Waals surface area contributed by atoms with Crippen molar-refractivity contribution in [3.8, 4) is 11.4 Å². The van der Waals surface area contributed by atoms with E-state index < -0.39 is 11.9 Å². The van der Waals surface area contributed by atoms with Crippen molar-refractivity contribution in [2.75, 3.05) is 19.5 Å². The van der Waals surface area contributed by atoms with Gasteiger partial charge in [-0.2, -0.15) is 4.98 Å². The van der Waals surface area contributed by atoms with E-state index in [4.69, 9.17) is 16.1 Å². The maximum absolute atomic E-state index is 11.8. The molecule has 0 saturated carbocycles. The molecular formula is C15H14ClN3O5. The van der Waals surface area contributed by atoms with E-state index in [0.717, 1.165) is 6.08 Å².